The number of imidazole rings is 1. The smallest absolute Gasteiger partial charge is 0.332 e. The molecule has 8 nitrogen and oxygen atoms in total. The number of H-pyrrole nitrogens is 1. The van der Waals surface area contributed by atoms with E-state index in [-0.39, 0.29) is 5.91 Å². The minimum absolute atomic E-state index is 0.310. The van der Waals surface area contributed by atoms with Gasteiger partial charge >= 0.3 is 5.97 Å². The average Bonchev–Trinajstić information content (AvgIpc) is 3.18. The number of aromatic amines is 1. The fourth-order valence-electron chi connectivity index (χ4n) is 3.83. The van der Waals surface area contributed by atoms with Gasteiger partial charge in [0.05, 0.1) is 12.0 Å². The van der Waals surface area contributed by atoms with Gasteiger partial charge in [-0.1, -0.05) is 0 Å². The second-order valence-electron chi connectivity index (χ2n) is 6.36. The van der Waals surface area contributed by atoms with Crippen LogP contribution >= 0.6 is 0 Å². The number of carboxylic acid groups (broad SMARTS) is 1. The number of aliphatic carboxylic acids is 1. The molecule has 0 unspecified atom stereocenters. The van der Waals surface area contributed by atoms with E-state index in [1.807, 2.05) is 7.05 Å². The molecule has 1 aliphatic heterocycles. The lowest BCUT2D eigenvalue weighted by atomic mass is 9.94. The van der Waals surface area contributed by atoms with E-state index in [0.29, 0.717) is 24.4 Å². The Morgan fingerprint density at radius 2 is 2.08 bits per heavy atom. The Morgan fingerprint density at radius 3 is 2.88 bits per heavy atom. The van der Waals surface area contributed by atoms with Crippen molar-refractivity contribution in [1.29, 1.82) is 0 Å². The number of carbonyl (C=O) groups excluding carboxylic acids is 1. The van der Waals surface area contributed by atoms with Crippen molar-refractivity contribution in [2.45, 2.75) is 38.1 Å². The summed E-state index contributed by atoms with van der Waals surface area (Å²) < 4.78 is 1.77. The first-order valence-corrected chi connectivity index (χ1v) is 8.18. The molecule has 1 amide bonds. The van der Waals surface area contributed by atoms with E-state index < -0.39 is 12.0 Å². The summed E-state index contributed by atoms with van der Waals surface area (Å²) in [6.45, 7) is 0.344. The molecule has 2 aromatic rings. The first-order valence-electron chi connectivity index (χ1n) is 8.18. The summed E-state index contributed by atoms with van der Waals surface area (Å²) in [6.07, 6.45) is 5.92. The quantitative estimate of drug-likeness (QED) is 0.850. The molecule has 0 fully saturated rings. The number of fused-ring (bicyclic) bond motifs is 2. The van der Waals surface area contributed by atoms with Crippen molar-refractivity contribution < 1.29 is 14.7 Å². The first-order chi connectivity index (χ1) is 11.6. The van der Waals surface area contributed by atoms with Crippen LogP contribution in [0.1, 0.15) is 52.0 Å². The summed E-state index contributed by atoms with van der Waals surface area (Å²) in [4.78, 5) is 33.3. The van der Waals surface area contributed by atoms with Gasteiger partial charge in [0.1, 0.15) is 0 Å². The normalized spacial score (nSPS) is 19.7. The zero-order valence-corrected chi connectivity index (χ0v) is 13.4. The maximum absolute atomic E-state index is 13.1. The lowest BCUT2D eigenvalue weighted by Crippen LogP contribution is -2.44. The highest BCUT2D eigenvalue weighted by Gasteiger charge is 2.40. The molecule has 0 saturated carbocycles. The molecule has 8 heteroatoms. The van der Waals surface area contributed by atoms with E-state index in [1.54, 1.807) is 4.68 Å². The van der Waals surface area contributed by atoms with Gasteiger partial charge in [-0.05, 0) is 25.7 Å². The van der Waals surface area contributed by atoms with Crippen molar-refractivity contribution in [2.24, 2.45) is 7.05 Å². The third-order valence-electron chi connectivity index (χ3n) is 4.99. The van der Waals surface area contributed by atoms with Gasteiger partial charge in [-0.2, -0.15) is 5.10 Å². The van der Waals surface area contributed by atoms with Crippen molar-refractivity contribution in [3.8, 4) is 0 Å². The maximum Gasteiger partial charge on any atom is 0.332 e. The molecule has 0 radical (unpaired) electrons. The van der Waals surface area contributed by atoms with E-state index in [4.69, 9.17) is 0 Å². The van der Waals surface area contributed by atoms with Crippen molar-refractivity contribution >= 4 is 11.9 Å². The van der Waals surface area contributed by atoms with E-state index in [1.165, 1.54) is 11.2 Å². The standard InChI is InChI=1S/C16H19N5O3/c1-20-11-5-3-2-4-9(11)12(19-20)15(22)21-7-6-10-13(18-8-17-10)14(21)16(23)24/h8,14H,2-7H2,1H3,(H,17,18)(H,23,24)/t14-/m0/s1. The number of carbonyl (C=O) groups is 2. The van der Waals surface area contributed by atoms with Gasteiger partial charge in [0, 0.05) is 37.0 Å². The maximum atomic E-state index is 13.1. The van der Waals surface area contributed by atoms with Crippen molar-refractivity contribution in [3.63, 3.8) is 0 Å². The van der Waals surface area contributed by atoms with Crippen LogP contribution in [0.15, 0.2) is 6.33 Å². The molecule has 24 heavy (non-hydrogen) atoms. The van der Waals surface area contributed by atoms with Crippen LogP contribution in [0.3, 0.4) is 0 Å². The van der Waals surface area contributed by atoms with Crippen molar-refractivity contribution in [1.82, 2.24) is 24.6 Å². The van der Waals surface area contributed by atoms with Crippen LogP contribution in [0.2, 0.25) is 0 Å². The molecular formula is C16H19N5O3. The van der Waals surface area contributed by atoms with Gasteiger partial charge in [0.15, 0.2) is 11.7 Å². The van der Waals surface area contributed by atoms with Crippen molar-refractivity contribution in [2.75, 3.05) is 6.54 Å². The fourth-order valence-corrected chi connectivity index (χ4v) is 3.83. The summed E-state index contributed by atoms with van der Waals surface area (Å²) in [6, 6.07) is -1.06. The molecule has 126 valence electrons. The summed E-state index contributed by atoms with van der Waals surface area (Å²) in [5, 5.41) is 14.0. The zero-order chi connectivity index (χ0) is 16.8. The zero-order valence-electron chi connectivity index (χ0n) is 13.4. The first kappa shape index (κ1) is 14.9. The number of amides is 1. The van der Waals surface area contributed by atoms with E-state index in [2.05, 4.69) is 15.1 Å². The Labute approximate surface area is 138 Å². The Balaban J connectivity index is 1.73. The SMILES string of the molecule is Cn1nc(C(=O)N2CCc3[nH]cnc3[C@H]2C(=O)O)c2c1CCCC2. The molecule has 4 rings (SSSR count). The minimum atomic E-state index is -1.07. The molecule has 1 atom stereocenters. The topological polar surface area (TPSA) is 104 Å². The van der Waals surface area contributed by atoms with Crippen LogP contribution in [-0.2, 0) is 31.1 Å². The molecule has 2 N–H and O–H groups in total. The van der Waals surface area contributed by atoms with Gasteiger partial charge in [0.2, 0.25) is 0 Å². The van der Waals surface area contributed by atoms with Gasteiger partial charge in [0.25, 0.3) is 5.91 Å². The molecular weight excluding hydrogens is 310 g/mol. The average molecular weight is 329 g/mol. The third kappa shape index (κ3) is 2.13. The second kappa shape index (κ2) is 5.47. The van der Waals surface area contributed by atoms with Gasteiger partial charge in [-0.15, -0.1) is 0 Å². The number of nitrogens with zero attached hydrogens (tertiary/aromatic N) is 4. The van der Waals surface area contributed by atoms with E-state index in [0.717, 1.165) is 42.6 Å². The molecule has 2 aromatic heterocycles. The highest BCUT2D eigenvalue weighted by Crippen LogP contribution is 2.31. The number of aryl methyl sites for hydroxylation is 1. The predicted octanol–water partition coefficient (Wildman–Crippen LogP) is 0.846. The number of rotatable bonds is 2. The number of hydrogen-bond acceptors (Lipinski definition) is 4. The Hall–Kier alpha value is -2.64. The fraction of sp³-hybridized carbons (Fsp3) is 0.500. The molecule has 0 saturated heterocycles. The molecule has 3 heterocycles. The largest absolute Gasteiger partial charge is 0.479 e. The third-order valence-corrected chi connectivity index (χ3v) is 4.99. The van der Waals surface area contributed by atoms with Gasteiger partial charge in [-0.25, -0.2) is 9.78 Å². The molecule has 1 aliphatic carbocycles. The van der Waals surface area contributed by atoms with Crippen LogP contribution in [0, 0.1) is 0 Å². The number of nitrogens with one attached hydrogen (secondary N) is 1. The summed E-state index contributed by atoms with van der Waals surface area (Å²) in [5.41, 5.74) is 3.68. The monoisotopic (exact) mass is 329 g/mol. The number of aromatic nitrogens is 4. The van der Waals surface area contributed by atoms with Crippen LogP contribution in [0.4, 0.5) is 0 Å². The highest BCUT2D eigenvalue weighted by atomic mass is 16.4. The summed E-state index contributed by atoms with van der Waals surface area (Å²) in [5.74, 6) is -1.38. The van der Waals surface area contributed by atoms with Gasteiger partial charge in [-0.3, -0.25) is 9.48 Å². The Kier molecular flexibility index (Phi) is 3.40. The lowest BCUT2D eigenvalue weighted by molar-refractivity contribution is -0.143. The molecule has 0 aromatic carbocycles. The molecule has 0 bridgehead atoms. The summed E-state index contributed by atoms with van der Waals surface area (Å²) >= 11 is 0. The summed E-state index contributed by atoms with van der Waals surface area (Å²) in [7, 11) is 1.84. The Bertz CT molecular complexity index is 822. The number of carboxylic acids is 1. The molecule has 0 spiro atoms. The van der Waals surface area contributed by atoms with Crippen LogP contribution < -0.4 is 0 Å². The predicted molar refractivity (Wildman–Crippen MR) is 83.6 cm³/mol. The molecule has 2 aliphatic rings. The van der Waals surface area contributed by atoms with E-state index in [9.17, 15) is 14.7 Å². The minimum Gasteiger partial charge on any atom is -0.479 e. The van der Waals surface area contributed by atoms with Crippen LogP contribution in [-0.4, -0.2) is 48.2 Å². The van der Waals surface area contributed by atoms with Crippen molar-refractivity contribution in [3.05, 3.63) is 34.7 Å². The van der Waals surface area contributed by atoms with E-state index >= 15 is 0 Å². The van der Waals surface area contributed by atoms with Gasteiger partial charge < -0.3 is 15.0 Å². The van der Waals surface area contributed by atoms with Crippen LogP contribution in [0.25, 0.3) is 0 Å². The lowest BCUT2D eigenvalue weighted by Gasteiger charge is -2.32. The number of hydrogen-bond donors (Lipinski definition) is 2. The highest BCUT2D eigenvalue weighted by molar-refractivity contribution is 5.97. The Morgan fingerprint density at radius 1 is 1.29 bits per heavy atom. The second-order valence-corrected chi connectivity index (χ2v) is 6.36. The van der Waals surface area contributed by atoms with Crippen LogP contribution in [0.5, 0.6) is 0 Å².